The van der Waals surface area contributed by atoms with Crippen molar-refractivity contribution in [2.75, 3.05) is 12.3 Å². The van der Waals surface area contributed by atoms with Gasteiger partial charge in [0.1, 0.15) is 7.14 Å². The monoisotopic (exact) mass is 278 g/mol. The number of hydrogen-bond donors (Lipinski definition) is 0. The lowest BCUT2D eigenvalue weighted by atomic mass is 9.93. The molecule has 1 aliphatic heterocycles. The molecule has 0 atom stereocenters. The highest BCUT2D eigenvalue weighted by Gasteiger charge is 2.33. The van der Waals surface area contributed by atoms with Gasteiger partial charge in [0.15, 0.2) is 0 Å². The molecule has 0 spiro atoms. The predicted molar refractivity (Wildman–Crippen MR) is 85.6 cm³/mol. The molecule has 0 bridgehead atoms. The fraction of sp³-hybridized carbons (Fsp3) is 0.647. The summed E-state index contributed by atoms with van der Waals surface area (Å²) in [7, 11) is -2.10. The standard InChI is InChI=1S/C17H27OP/c1-12(2)15-10-14(5)17(16(11-15)13(3)4)19(18)8-6-7-9-19/h10-13H,6-9H2,1-5H3. The van der Waals surface area contributed by atoms with Crippen LogP contribution in [0.5, 0.6) is 0 Å². The smallest absolute Gasteiger partial charge is 0.116 e. The summed E-state index contributed by atoms with van der Waals surface area (Å²) in [5.74, 6) is 0.994. The molecule has 0 aliphatic carbocycles. The van der Waals surface area contributed by atoms with Crippen LogP contribution in [0.25, 0.3) is 0 Å². The van der Waals surface area contributed by atoms with Crippen molar-refractivity contribution in [2.24, 2.45) is 0 Å². The van der Waals surface area contributed by atoms with Crippen LogP contribution in [0.3, 0.4) is 0 Å². The van der Waals surface area contributed by atoms with Gasteiger partial charge < -0.3 is 4.57 Å². The van der Waals surface area contributed by atoms with Gasteiger partial charge >= 0.3 is 0 Å². The van der Waals surface area contributed by atoms with Crippen LogP contribution in [-0.4, -0.2) is 12.3 Å². The van der Waals surface area contributed by atoms with Crippen molar-refractivity contribution < 1.29 is 4.57 Å². The van der Waals surface area contributed by atoms with E-state index < -0.39 is 7.14 Å². The first-order valence-corrected chi connectivity index (χ1v) is 9.66. The second-order valence-electron chi connectivity index (χ2n) is 6.63. The van der Waals surface area contributed by atoms with Crippen LogP contribution in [-0.2, 0) is 4.57 Å². The zero-order valence-electron chi connectivity index (χ0n) is 13.0. The number of aryl methyl sites for hydroxylation is 1. The normalized spacial score (nSPS) is 18.5. The van der Waals surface area contributed by atoms with Crippen molar-refractivity contribution in [1.82, 2.24) is 0 Å². The molecule has 0 saturated carbocycles. The number of rotatable bonds is 3. The molecule has 1 nitrogen and oxygen atoms in total. The Bertz CT molecular complexity index is 504. The third-order valence-corrected chi connectivity index (χ3v) is 7.84. The molecule has 2 heteroatoms. The van der Waals surface area contributed by atoms with Gasteiger partial charge in [0.05, 0.1) is 0 Å². The SMILES string of the molecule is Cc1cc(C(C)C)cc(C(C)C)c1P1(=O)CCCC1. The van der Waals surface area contributed by atoms with Gasteiger partial charge in [0.2, 0.25) is 0 Å². The molecule has 0 unspecified atom stereocenters. The van der Waals surface area contributed by atoms with Gasteiger partial charge in [-0.25, -0.2) is 0 Å². The van der Waals surface area contributed by atoms with Crippen LogP contribution in [0, 0.1) is 6.92 Å². The second-order valence-corrected chi connectivity index (χ2v) is 9.75. The van der Waals surface area contributed by atoms with Crippen molar-refractivity contribution >= 4 is 12.4 Å². The molecule has 0 radical (unpaired) electrons. The lowest BCUT2D eigenvalue weighted by Crippen LogP contribution is -2.18. The largest absolute Gasteiger partial charge is 0.319 e. The van der Waals surface area contributed by atoms with Gasteiger partial charge in [-0.3, -0.25) is 0 Å². The molecule has 1 aromatic rings. The van der Waals surface area contributed by atoms with E-state index in [-0.39, 0.29) is 0 Å². The number of hydrogen-bond acceptors (Lipinski definition) is 1. The minimum atomic E-state index is -2.10. The molecule has 106 valence electrons. The van der Waals surface area contributed by atoms with Gasteiger partial charge in [0, 0.05) is 17.6 Å². The van der Waals surface area contributed by atoms with Gasteiger partial charge in [-0.05, 0) is 48.3 Å². The average Bonchev–Trinajstić information content (AvgIpc) is 2.75. The predicted octanol–water partition coefficient (Wildman–Crippen LogP) is 5.02. The summed E-state index contributed by atoms with van der Waals surface area (Å²) in [6, 6.07) is 4.58. The Balaban J connectivity index is 2.62. The summed E-state index contributed by atoms with van der Waals surface area (Å²) in [6.07, 6.45) is 4.13. The van der Waals surface area contributed by atoms with Crippen LogP contribution < -0.4 is 5.30 Å². The fourth-order valence-corrected chi connectivity index (χ4v) is 6.88. The van der Waals surface area contributed by atoms with Gasteiger partial charge in [-0.2, -0.15) is 0 Å². The molecule has 0 amide bonds. The lowest BCUT2D eigenvalue weighted by molar-refractivity contribution is 0.584. The Hall–Kier alpha value is -0.550. The van der Waals surface area contributed by atoms with Crippen LogP contribution >= 0.6 is 7.14 Å². The molecule has 0 N–H and O–H groups in total. The third kappa shape index (κ3) is 2.82. The van der Waals surface area contributed by atoms with Crippen LogP contribution in [0.2, 0.25) is 0 Å². The Morgan fingerprint density at radius 2 is 1.58 bits per heavy atom. The molecular formula is C17H27OP. The molecule has 1 saturated heterocycles. The average molecular weight is 278 g/mol. The van der Waals surface area contributed by atoms with E-state index >= 15 is 0 Å². The molecule has 1 heterocycles. The highest BCUT2D eigenvalue weighted by atomic mass is 31.2. The summed E-state index contributed by atoms with van der Waals surface area (Å²) < 4.78 is 13.2. The minimum Gasteiger partial charge on any atom is -0.319 e. The summed E-state index contributed by atoms with van der Waals surface area (Å²) in [5, 5.41) is 1.23. The highest BCUT2D eigenvalue weighted by molar-refractivity contribution is 7.72. The summed E-state index contributed by atoms with van der Waals surface area (Å²) >= 11 is 0. The molecule has 1 fully saturated rings. The van der Waals surface area contributed by atoms with E-state index in [0.29, 0.717) is 11.8 Å². The quantitative estimate of drug-likeness (QED) is 0.709. The maximum atomic E-state index is 13.2. The highest BCUT2D eigenvalue weighted by Crippen LogP contribution is 2.53. The first-order valence-electron chi connectivity index (χ1n) is 7.58. The Morgan fingerprint density at radius 3 is 2.05 bits per heavy atom. The van der Waals surface area contributed by atoms with Gasteiger partial charge in [0.25, 0.3) is 0 Å². The maximum Gasteiger partial charge on any atom is 0.116 e. The van der Waals surface area contributed by atoms with E-state index in [4.69, 9.17) is 0 Å². The van der Waals surface area contributed by atoms with E-state index in [1.165, 1.54) is 22.0 Å². The van der Waals surface area contributed by atoms with Crippen molar-refractivity contribution in [3.8, 4) is 0 Å². The van der Waals surface area contributed by atoms with Crippen molar-refractivity contribution in [1.29, 1.82) is 0 Å². The molecule has 2 rings (SSSR count). The zero-order valence-corrected chi connectivity index (χ0v) is 13.9. The first-order chi connectivity index (χ1) is 8.85. The Labute approximate surface area is 118 Å². The summed E-state index contributed by atoms with van der Waals surface area (Å²) in [4.78, 5) is 0. The van der Waals surface area contributed by atoms with Gasteiger partial charge in [-0.1, -0.05) is 39.8 Å². The molecule has 19 heavy (non-hydrogen) atoms. The third-order valence-electron chi connectivity index (χ3n) is 4.34. The van der Waals surface area contributed by atoms with Gasteiger partial charge in [-0.15, -0.1) is 0 Å². The molecule has 1 aliphatic rings. The van der Waals surface area contributed by atoms with Crippen LogP contribution in [0.15, 0.2) is 12.1 Å². The fourth-order valence-electron chi connectivity index (χ4n) is 3.24. The van der Waals surface area contributed by atoms with E-state index in [1.807, 2.05) is 0 Å². The molecule has 1 aromatic carbocycles. The maximum absolute atomic E-state index is 13.2. The van der Waals surface area contributed by atoms with E-state index in [9.17, 15) is 4.57 Å². The first kappa shape index (κ1) is 14.9. The molecular weight excluding hydrogens is 251 g/mol. The van der Waals surface area contributed by atoms with Crippen molar-refractivity contribution in [3.05, 3.63) is 28.8 Å². The zero-order chi connectivity index (χ0) is 14.2. The summed E-state index contributed by atoms with van der Waals surface area (Å²) in [6.45, 7) is 11.1. The molecule has 0 aromatic heterocycles. The van der Waals surface area contributed by atoms with Crippen molar-refractivity contribution in [3.63, 3.8) is 0 Å². The van der Waals surface area contributed by atoms with E-state index in [1.54, 1.807) is 0 Å². The van der Waals surface area contributed by atoms with Crippen LogP contribution in [0.4, 0.5) is 0 Å². The Morgan fingerprint density at radius 1 is 1.00 bits per heavy atom. The topological polar surface area (TPSA) is 17.1 Å². The van der Waals surface area contributed by atoms with Crippen molar-refractivity contribution in [2.45, 2.75) is 59.3 Å². The van der Waals surface area contributed by atoms with E-state index in [0.717, 1.165) is 25.2 Å². The number of benzene rings is 1. The lowest BCUT2D eigenvalue weighted by Gasteiger charge is -2.23. The van der Waals surface area contributed by atoms with E-state index in [2.05, 4.69) is 46.8 Å². The van der Waals surface area contributed by atoms with Crippen LogP contribution in [0.1, 0.15) is 69.1 Å². The summed E-state index contributed by atoms with van der Waals surface area (Å²) in [5.41, 5.74) is 3.99. The minimum absolute atomic E-state index is 0.457. The Kier molecular flexibility index (Phi) is 4.26. The second kappa shape index (κ2) is 5.44.